The van der Waals surface area contributed by atoms with Crippen LogP contribution in [0.1, 0.15) is 20.9 Å². The van der Waals surface area contributed by atoms with Gasteiger partial charge in [-0.3, -0.25) is 4.79 Å². The molecule has 0 amide bonds. The number of carbonyl (C=O) groups is 1. The van der Waals surface area contributed by atoms with E-state index in [1.165, 1.54) is 16.9 Å². The Balaban J connectivity index is 2.21. The van der Waals surface area contributed by atoms with E-state index in [1.54, 1.807) is 12.1 Å². The zero-order chi connectivity index (χ0) is 12.4. The van der Waals surface area contributed by atoms with Crippen LogP contribution >= 0.6 is 22.9 Å². The third kappa shape index (κ3) is 2.73. The van der Waals surface area contributed by atoms with E-state index in [9.17, 15) is 4.79 Å². The first kappa shape index (κ1) is 12.3. The molecular formula is C13H13ClNOS+. The van der Waals surface area contributed by atoms with Gasteiger partial charge in [0.25, 0.3) is 0 Å². The van der Waals surface area contributed by atoms with Gasteiger partial charge in [-0.05, 0) is 25.1 Å². The van der Waals surface area contributed by atoms with E-state index < -0.39 is 0 Å². The quantitative estimate of drug-likeness (QED) is 0.617. The molecule has 0 saturated carbocycles. The molecule has 0 aliphatic heterocycles. The highest BCUT2D eigenvalue weighted by Crippen LogP contribution is 2.21. The SMILES string of the molecule is Cc1ccc[n+](CC(=O)c2ccc(Cl)s2)c1C. The molecule has 0 saturated heterocycles. The van der Waals surface area contributed by atoms with Gasteiger partial charge in [-0.1, -0.05) is 11.6 Å². The fourth-order valence-electron chi connectivity index (χ4n) is 1.62. The van der Waals surface area contributed by atoms with Crippen molar-refractivity contribution in [1.29, 1.82) is 0 Å². The van der Waals surface area contributed by atoms with Crippen molar-refractivity contribution >= 4 is 28.7 Å². The number of ketones is 1. The average molecular weight is 267 g/mol. The number of aromatic nitrogens is 1. The van der Waals surface area contributed by atoms with Gasteiger partial charge < -0.3 is 0 Å². The van der Waals surface area contributed by atoms with Gasteiger partial charge in [0.15, 0.2) is 11.9 Å². The molecule has 0 aliphatic carbocycles. The maximum Gasteiger partial charge on any atom is 0.237 e. The monoisotopic (exact) mass is 266 g/mol. The molecule has 0 spiro atoms. The minimum atomic E-state index is 0.0978. The minimum absolute atomic E-state index is 0.0978. The van der Waals surface area contributed by atoms with Crippen molar-refractivity contribution < 1.29 is 9.36 Å². The highest BCUT2D eigenvalue weighted by atomic mass is 35.5. The Kier molecular flexibility index (Phi) is 3.60. The van der Waals surface area contributed by atoms with Crippen LogP contribution in [0.25, 0.3) is 0 Å². The Morgan fingerprint density at radius 1 is 1.35 bits per heavy atom. The van der Waals surface area contributed by atoms with Gasteiger partial charge in [0, 0.05) is 18.6 Å². The van der Waals surface area contributed by atoms with E-state index in [0.717, 1.165) is 5.69 Å². The fraction of sp³-hybridized carbons (Fsp3) is 0.231. The second kappa shape index (κ2) is 4.98. The zero-order valence-corrected chi connectivity index (χ0v) is 11.3. The number of hydrogen-bond donors (Lipinski definition) is 0. The summed E-state index contributed by atoms with van der Waals surface area (Å²) in [6.45, 7) is 4.42. The maximum atomic E-state index is 12.0. The van der Waals surface area contributed by atoms with Crippen LogP contribution < -0.4 is 4.57 Å². The molecular weight excluding hydrogens is 254 g/mol. The molecule has 0 N–H and O–H groups in total. The van der Waals surface area contributed by atoms with E-state index in [4.69, 9.17) is 11.6 Å². The molecule has 2 nitrogen and oxygen atoms in total. The summed E-state index contributed by atoms with van der Waals surface area (Å²) in [5.74, 6) is 0.0978. The molecule has 0 radical (unpaired) electrons. The molecule has 0 fully saturated rings. The Hall–Kier alpha value is -1.19. The van der Waals surface area contributed by atoms with E-state index in [2.05, 4.69) is 0 Å². The second-order valence-corrected chi connectivity index (χ2v) is 5.65. The summed E-state index contributed by atoms with van der Waals surface area (Å²) in [4.78, 5) is 12.7. The molecule has 2 rings (SSSR count). The number of halogens is 1. The van der Waals surface area contributed by atoms with Crippen LogP contribution in [-0.4, -0.2) is 5.78 Å². The third-order valence-electron chi connectivity index (χ3n) is 2.78. The van der Waals surface area contributed by atoms with Crippen LogP contribution in [0.2, 0.25) is 4.34 Å². The molecule has 2 heterocycles. The van der Waals surface area contributed by atoms with Crippen LogP contribution in [0.5, 0.6) is 0 Å². The van der Waals surface area contributed by atoms with Gasteiger partial charge in [0.2, 0.25) is 12.3 Å². The molecule has 0 aliphatic rings. The van der Waals surface area contributed by atoms with Crippen molar-refractivity contribution in [2.75, 3.05) is 0 Å². The molecule has 4 heteroatoms. The van der Waals surface area contributed by atoms with Crippen molar-refractivity contribution in [2.24, 2.45) is 0 Å². The summed E-state index contributed by atoms with van der Waals surface area (Å²) in [6.07, 6.45) is 1.93. The van der Waals surface area contributed by atoms with Crippen LogP contribution in [0.4, 0.5) is 0 Å². The zero-order valence-electron chi connectivity index (χ0n) is 9.74. The smallest absolute Gasteiger partial charge is 0.237 e. The number of nitrogens with zero attached hydrogens (tertiary/aromatic N) is 1. The van der Waals surface area contributed by atoms with E-state index in [0.29, 0.717) is 15.8 Å². The number of hydrogen-bond acceptors (Lipinski definition) is 2. The van der Waals surface area contributed by atoms with Crippen LogP contribution in [-0.2, 0) is 6.54 Å². The lowest BCUT2D eigenvalue weighted by molar-refractivity contribution is -0.689. The first-order valence-electron chi connectivity index (χ1n) is 5.32. The van der Waals surface area contributed by atoms with Crippen molar-refractivity contribution in [3.63, 3.8) is 0 Å². The highest BCUT2D eigenvalue weighted by molar-refractivity contribution is 7.18. The number of Topliss-reactive ketones (excluding diaryl/α,β-unsaturated/α-hetero) is 1. The molecule has 88 valence electrons. The largest absolute Gasteiger partial charge is 0.286 e. The number of thiophene rings is 1. The van der Waals surface area contributed by atoms with Crippen LogP contribution in [0.3, 0.4) is 0 Å². The van der Waals surface area contributed by atoms with Crippen LogP contribution in [0.15, 0.2) is 30.5 Å². The molecule has 2 aromatic heterocycles. The van der Waals surface area contributed by atoms with Gasteiger partial charge in [0.05, 0.1) is 9.21 Å². The summed E-state index contributed by atoms with van der Waals surface area (Å²) >= 11 is 7.15. The average Bonchev–Trinajstić information content (AvgIpc) is 2.72. The van der Waals surface area contributed by atoms with Gasteiger partial charge in [-0.2, -0.15) is 4.57 Å². The number of carbonyl (C=O) groups excluding carboxylic acids is 1. The molecule has 0 atom stereocenters. The maximum absolute atomic E-state index is 12.0. The van der Waals surface area contributed by atoms with Crippen molar-refractivity contribution in [1.82, 2.24) is 0 Å². The number of pyridine rings is 1. The molecule has 0 aromatic carbocycles. The fourth-order valence-corrected chi connectivity index (χ4v) is 2.59. The molecule has 0 unspecified atom stereocenters. The summed E-state index contributed by atoms with van der Waals surface area (Å²) in [5, 5.41) is 0. The van der Waals surface area contributed by atoms with Gasteiger partial charge in [-0.25, -0.2) is 0 Å². The number of rotatable bonds is 3. The number of aryl methyl sites for hydroxylation is 1. The second-order valence-electron chi connectivity index (χ2n) is 3.93. The molecule has 17 heavy (non-hydrogen) atoms. The Morgan fingerprint density at radius 3 is 2.76 bits per heavy atom. The van der Waals surface area contributed by atoms with Crippen molar-refractivity contribution in [2.45, 2.75) is 20.4 Å². The van der Waals surface area contributed by atoms with E-state index in [1.807, 2.05) is 36.7 Å². The summed E-state index contributed by atoms with van der Waals surface area (Å²) < 4.78 is 2.62. The van der Waals surface area contributed by atoms with Gasteiger partial charge in [0.1, 0.15) is 0 Å². The lowest BCUT2D eigenvalue weighted by Gasteiger charge is -2.01. The summed E-state index contributed by atoms with van der Waals surface area (Å²) in [6, 6.07) is 7.53. The normalized spacial score (nSPS) is 10.5. The molecule has 2 aromatic rings. The summed E-state index contributed by atoms with van der Waals surface area (Å²) in [5.41, 5.74) is 2.30. The van der Waals surface area contributed by atoms with Crippen LogP contribution in [0, 0.1) is 13.8 Å². The standard InChI is InChI=1S/C13H13ClNOS/c1-9-4-3-7-15(10(9)2)8-11(16)12-5-6-13(14)17-12/h3-7H,8H2,1-2H3/q+1. The minimum Gasteiger partial charge on any atom is -0.286 e. The van der Waals surface area contributed by atoms with Gasteiger partial charge in [-0.15, -0.1) is 11.3 Å². The van der Waals surface area contributed by atoms with E-state index >= 15 is 0 Å². The van der Waals surface area contributed by atoms with Gasteiger partial charge >= 0.3 is 0 Å². The van der Waals surface area contributed by atoms with Crippen molar-refractivity contribution in [3.05, 3.63) is 50.9 Å². The lowest BCUT2D eigenvalue weighted by atomic mass is 10.2. The van der Waals surface area contributed by atoms with E-state index in [-0.39, 0.29) is 5.78 Å². The topological polar surface area (TPSA) is 20.9 Å². The first-order valence-corrected chi connectivity index (χ1v) is 6.51. The Labute approximate surface area is 109 Å². The Morgan fingerprint density at radius 2 is 2.12 bits per heavy atom. The first-order chi connectivity index (χ1) is 8.08. The highest BCUT2D eigenvalue weighted by Gasteiger charge is 2.16. The summed E-state index contributed by atoms with van der Waals surface area (Å²) in [7, 11) is 0. The molecule has 0 bridgehead atoms. The lowest BCUT2D eigenvalue weighted by Crippen LogP contribution is -2.40. The third-order valence-corrected chi connectivity index (χ3v) is 4.05. The van der Waals surface area contributed by atoms with Crippen molar-refractivity contribution in [3.8, 4) is 0 Å². The predicted octanol–water partition coefficient (Wildman–Crippen LogP) is 3.19. The Bertz CT molecular complexity index is 562. The predicted molar refractivity (Wildman–Crippen MR) is 69.8 cm³/mol.